The maximum absolute atomic E-state index is 12.8. The van der Waals surface area contributed by atoms with E-state index in [0.29, 0.717) is 24.9 Å². The molecule has 2 fully saturated rings. The number of carbonyl (C=O) groups excluding carboxylic acids is 1. The fraction of sp³-hybridized carbons (Fsp3) is 0.292. The molecule has 1 aliphatic heterocycles. The van der Waals surface area contributed by atoms with Crippen LogP contribution in [0.4, 0.5) is 4.79 Å². The van der Waals surface area contributed by atoms with Crippen LogP contribution in [0.3, 0.4) is 0 Å². The summed E-state index contributed by atoms with van der Waals surface area (Å²) in [7, 11) is 0. The molecule has 5 rings (SSSR count). The first-order valence-corrected chi connectivity index (χ1v) is 11.0. The van der Waals surface area contributed by atoms with Gasteiger partial charge < -0.3 is 14.7 Å². The molecule has 2 unspecified atom stereocenters. The monoisotopic (exact) mass is 451 g/mol. The summed E-state index contributed by atoms with van der Waals surface area (Å²) in [6.07, 6.45) is 3.13. The van der Waals surface area contributed by atoms with E-state index in [1.165, 1.54) is 6.20 Å². The Morgan fingerprint density at radius 3 is 2.34 bits per heavy atom. The van der Waals surface area contributed by atoms with Crippen molar-refractivity contribution in [1.29, 1.82) is 0 Å². The van der Waals surface area contributed by atoms with Crippen LogP contribution >= 0.6 is 11.6 Å². The molecule has 164 valence electrons. The van der Waals surface area contributed by atoms with Crippen LogP contribution in [-0.2, 0) is 0 Å². The number of benzene rings is 2. The van der Waals surface area contributed by atoms with E-state index < -0.39 is 5.97 Å². The van der Waals surface area contributed by atoms with Crippen LogP contribution in [-0.4, -0.2) is 51.0 Å². The molecule has 2 heterocycles. The molecule has 3 aromatic rings. The van der Waals surface area contributed by atoms with Crippen molar-refractivity contribution in [2.45, 2.75) is 18.9 Å². The lowest BCUT2D eigenvalue weighted by molar-refractivity contribution is 0.0690. The number of carboxylic acid groups (broad SMARTS) is 1. The van der Waals surface area contributed by atoms with Gasteiger partial charge in [-0.1, -0.05) is 54.1 Å². The molecule has 2 atom stereocenters. The Bertz CT molecular complexity index is 1150. The second kappa shape index (κ2) is 8.31. The van der Waals surface area contributed by atoms with E-state index in [1.807, 2.05) is 30.3 Å². The largest absolute Gasteiger partial charge is 0.490 e. The lowest BCUT2D eigenvalue weighted by atomic mass is 10.0. The number of aromatic nitrogens is 2. The molecule has 1 saturated carbocycles. The molecule has 0 spiro atoms. The number of halogens is 1. The fourth-order valence-electron chi connectivity index (χ4n) is 4.81. The molecule has 0 bridgehead atoms. The van der Waals surface area contributed by atoms with Crippen molar-refractivity contribution in [2.24, 2.45) is 11.8 Å². The van der Waals surface area contributed by atoms with Gasteiger partial charge in [0, 0.05) is 13.1 Å². The highest BCUT2D eigenvalue weighted by Crippen LogP contribution is 2.40. The molecule has 1 N–H and O–H groups in total. The average molecular weight is 452 g/mol. The van der Waals surface area contributed by atoms with Gasteiger partial charge in [-0.3, -0.25) is 0 Å². The van der Waals surface area contributed by atoms with Gasteiger partial charge in [0.05, 0.1) is 17.3 Å². The summed E-state index contributed by atoms with van der Waals surface area (Å²) < 4.78 is 7.32. The van der Waals surface area contributed by atoms with Gasteiger partial charge in [-0.05, 0) is 47.9 Å². The Hall–Kier alpha value is -3.32. The smallest absolute Gasteiger partial charge is 0.357 e. The van der Waals surface area contributed by atoms with Crippen molar-refractivity contribution in [1.82, 2.24) is 14.7 Å². The molecular weight excluding hydrogens is 430 g/mol. The molecular formula is C24H22ClN3O4. The van der Waals surface area contributed by atoms with Crippen molar-refractivity contribution in [3.63, 3.8) is 0 Å². The third kappa shape index (κ3) is 3.96. The zero-order chi connectivity index (χ0) is 22.2. The predicted octanol–water partition coefficient (Wildman–Crippen LogP) is 4.66. The Labute approximate surface area is 190 Å². The van der Waals surface area contributed by atoms with Gasteiger partial charge in [0.25, 0.3) is 0 Å². The maximum atomic E-state index is 12.8. The Morgan fingerprint density at radius 1 is 1.00 bits per heavy atom. The highest BCUT2D eigenvalue weighted by molar-refractivity contribution is 6.33. The summed E-state index contributed by atoms with van der Waals surface area (Å²) in [6.45, 7) is 1.21. The SMILES string of the molecule is O=C(O)c1nn(C(=O)N2CC3CC(Oc4cccc(-c5ccccc5)c4)CC3C2)cc1Cl. The standard InChI is InChI=1S/C24H22ClN3O4/c25-21-14-28(26-22(21)23(29)30)24(31)27-12-17-10-20(11-18(17)13-27)32-19-8-4-7-16(9-19)15-5-2-1-3-6-15/h1-9,14,17-18,20H,10-13H2,(H,29,30). The van der Waals surface area contributed by atoms with Gasteiger partial charge in [-0.15, -0.1) is 0 Å². The van der Waals surface area contributed by atoms with Crippen LogP contribution in [0.15, 0.2) is 60.8 Å². The number of carboxylic acids is 1. The van der Waals surface area contributed by atoms with Gasteiger partial charge in [-0.25, -0.2) is 9.59 Å². The number of carbonyl (C=O) groups is 2. The summed E-state index contributed by atoms with van der Waals surface area (Å²) in [5.41, 5.74) is 1.96. The van der Waals surface area contributed by atoms with E-state index in [9.17, 15) is 9.59 Å². The Kier molecular flexibility index (Phi) is 5.35. The van der Waals surface area contributed by atoms with E-state index in [1.54, 1.807) is 4.90 Å². The number of rotatable bonds is 4. The van der Waals surface area contributed by atoms with Crippen molar-refractivity contribution in [2.75, 3.05) is 13.1 Å². The first-order valence-electron chi connectivity index (χ1n) is 10.6. The number of hydrogen-bond donors (Lipinski definition) is 1. The minimum Gasteiger partial charge on any atom is -0.490 e. The van der Waals surface area contributed by atoms with Gasteiger partial charge in [0.15, 0.2) is 5.69 Å². The molecule has 2 aromatic carbocycles. The van der Waals surface area contributed by atoms with Crippen LogP contribution in [0, 0.1) is 11.8 Å². The van der Waals surface area contributed by atoms with Crippen LogP contribution in [0.1, 0.15) is 23.3 Å². The third-order valence-electron chi connectivity index (χ3n) is 6.29. The molecule has 1 aromatic heterocycles. The van der Waals surface area contributed by atoms with Crippen LogP contribution in [0.5, 0.6) is 5.75 Å². The summed E-state index contributed by atoms with van der Waals surface area (Å²) in [4.78, 5) is 25.6. The third-order valence-corrected chi connectivity index (χ3v) is 6.57. The molecule has 1 amide bonds. The first-order chi connectivity index (χ1) is 15.5. The number of aromatic carboxylic acids is 1. The zero-order valence-corrected chi connectivity index (χ0v) is 18.0. The van der Waals surface area contributed by atoms with E-state index in [-0.39, 0.29) is 22.9 Å². The number of nitrogens with zero attached hydrogens (tertiary/aromatic N) is 3. The number of likely N-dealkylation sites (tertiary alicyclic amines) is 1. The minimum absolute atomic E-state index is 0.0450. The Morgan fingerprint density at radius 2 is 1.69 bits per heavy atom. The molecule has 8 heteroatoms. The highest BCUT2D eigenvalue weighted by atomic mass is 35.5. The number of amides is 1. The van der Waals surface area contributed by atoms with Gasteiger partial charge in [0.2, 0.25) is 0 Å². The predicted molar refractivity (Wildman–Crippen MR) is 119 cm³/mol. The molecule has 1 saturated heterocycles. The van der Waals surface area contributed by atoms with Gasteiger partial charge in [0.1, 0.15) is 5.75 Å². The number of ether oxygens (including phenoxy) is 1. The number of fused-ring (bicyclic) bond motifs is 1. The summed E-state index contributed by atoms with van der Waals surface area (Å²) in [5, 5.41) is 12.9. The molecule has 7 nitrogen and oxygen atoms in total. The Balaban J connectivity index is 1.21. The summed E-state index contributed by atoms with van der Waals surface area (Å²) in [5.74, 6) is 0.310. The van der Waals surface area contributed by atoms with Crippen LogP contribution in [0.25, 0.3) is 11.1 Å². The first kappa shape index (κ1) is 20.6. The van der Waals surface area contributed by atoms with E-state index in [4.69, 9.17) is 21.4 Å². The van der Waals surface area contributed by atoms with E-state index in [2.05, 4.69) is 29.4 Å². The summed E-state index contributed by atoms with van der Waals surface area (Å²) in [6, 6.07) is 18.0. The quantitative estimate of drug-likeness (QED) is 0.623. The lowest BCUT2D eigenvalue weighted by Gasteiger charge is -2.20. The topological polar surface area (TPSA) is 84.7 Å². The normalized spacial score (nSPS) is 22.0. The van der Waals surface area contributed by atoms with Gasteiger partial charge in [-0.2, -0.15) is 9.78 Å². The second-order valence-electron chi connectivity index (χ2n) is 8.39. The fourth-order valence-corrected chi connectivity index (χ4v) is 5.02. The molecule has 32 heavy (non-hydrogen) atoms. The lowest BCUT2D eigenvalue weighted by Crippen LogP contribution is -2.34. The van der Waals surface area contributed by atoms with Crippen LogP contribution in [0.2, 0.25) is 5.02 Å². The van der Waals surface area contributed by atoms with Crippen LogP contribution < -0.4 is 4.74 Å². The van der Waals surface area contributed by atoms with E-state index in [0.717, 1.165) is 34.4 Å². The van der Waals surface area contributed by atoms with Crippen molar-refractivity contribution in [3.05, 3.63) is 71.5 Å². The molecule has 2 aliphatic rings. The van der Waals surface area contributed by atoms with E-state index >= 15 is 0 Å². The van der Waals surface area contributed by atoms with Crippen molar-refractivity contribution in [3.8, 4) is 16.9 Å². The second-order valence-corrected chi connectivity index (χ2v) is 8.80. The zero-order valence-electron chi connectivity index (χ0n) is 17.2. The van der Waals surface area contributed by atoms with Crippen molar-refractivity contribution >= 4 is 23.6 Å². The molecule has 0 radical (unpaired) electrons. The average Bonchev–Trinajstić information content (AvgIpc) is 3.47. The number of hydrogen-bond acceptors (Lipinski definition) is 4. The maximum Gasteiger partial charge on any atom is 0.357 e. The van der Waals surface area contributed by atoms with Gasteiger partial charge >= 0.3 is 12.0 Å². The highest BCUT2D eigenvalue weighted by Gasteiger charge is 2.43. The minimum atomic E-state index is -1.25. The summed E-state index contributed by atoms with van der Waals surface area (Å²) >= 11 is 5.88. The van der Waals surface area contributed by atoms with Crippen molar-refractivity contribution < 1.29 is 19.4 Å². The molecule has 1 aliphatic carbocycles.